The van der Waals surface area contributed by atoms with E-state index in [-0.39, 0.29) is 0 Å². The molecule has 0 saturated heterocycles. The predicted octanol–water partition coefficient (Wildman–Crippen LogP) is 4.13. The molecule has 0 amide bonds. The molecule has 5 heteroatoms. The molecule has 1 aromatic carbocycles. The van der Waals surface area contributed by atoms with Gasteiger partial charge in [0.15, 0.2) is 0 Å². The van der Waals surface area contributed by atoms with Crippen molar-refractivity contribution in [3.63, 3.8) is 0 Å². The highest BCUT2D eigenvalue weighted by Gasteiger charge is 2.38. The minimum Gasteiger partial charge on any atom is -0.374 e. The quantitative estimate of drug-likeness (QED) is 0.551. The summed E-state index contributed by atoms with van der Waals surface area (Å²) in [6.07, 6.45) is 2.38. The fraction of sp³-hybridized carbons (Fsp3) is 0.562. The highest BCUT2D eigenvalue weighted by molar-refractivity contribution is 6.60. The van der Waals surface area contributed by atoms with Crippen molar-refractivity contribution in [1.29, 1.82) is 5.41 Å². The normalized spacial score (nSPS) is 10.7. The van der Waals surface area contributed by atoms with E-state index >= 15 is 0 Å². The summed E-state index contributed by atoms with van der Waals surface area (Å²) in [5.74, 6) is 0. The molecule has 0 aromatic heterocycles. The van der Waals surface area contributed by atoms with Crippen LogP contribution >= 0.6 is 0 Å². The molecule has 0 spiro atoms. The van der Waals surface area contributed by atoms with E-state index in [0.29, 0.717) is 19.8 Å². The third-order valence-electron chi connectivity index (χ3n) is 2.62. The van der Waals surface area contributed by atoms with E-state index in [1.807, 2.05) is 51.1 Å². The van der Waals surface area contributed by atoms with Gasteiger partial charge in [0.1, 0.15) is 0 Å². The van der Waals surface area contributed by atoms with Crippen LogP contribution in [0, 0.1) is 5.41 Å². The lowest BCUT2D eigenvalue weighted by molar-refractivity contribution is 0.0712. The molecule has 1 aromatic rings. The largest absolute Gasteiger partial charge is 0.500 e. The van der Waals surface area contributed by atoms with Crippen molar-refractivity contribution in [2.45, 2.75) is 40.2 Å². The molecule has 21 heavy (non-hydrogen) atoms. The summed E-state index contributed by atoms with van der Waals surface area (Å²) in [6.45, 7) is 10.1. The van der Waals surface area contributed by atoms with Gasteiger partial charge in [-0.1, -0.05) is 43.7 Å². The van der Waals surface area contributed by atoms with Crippen molar-refractivity contribution in [2.75, 3.05) is 19.8 Å². The second kappa shape index (κ2) is 12.7. The van der Waals surface area contributed by atoms with Gasteiger partial charge in [0.25, 0.3) is 0 Å². The van der Waals surface area contributed by atoms with Gasteiger partial charge < -0.3 is 18.7 Å². The molecule has 0 aliphatic heterocycles. The number of hydrogen-bond donors (Lipinski definition) is 1. The monoisotopic (exact) mass is 311 g/mol. The van der Waals surface area contributed by atoms with Gasteiger partial charge in [-0.05, 0) is 26.3 Å². The maximum Gasteiger partial charge on any atom is 0.500 e. The third kappa shape index (κ3) is 8.78. The van der Waals surface area contributed by atoms with Crippen LogP contribution in [0.5, 0.6) is 0 Å². The van der Waals surface area contributed by atoms with Gasteiger partial charge >= 0.3 is 8.80 Å². The molecule has 0 bridgehead atoms. The van der Waals surface area contributed by atoms with Crippen molar-refractivity contribution < 1.29 is 13.3 Å². The van der Waals surface area contributed by atoms with E-state index in [4.69, 9.17) is 18.7 Å². The van der Waals surface area contributed by atoms with Crippen LogP contribution in [-0.2, 0) is 13.3 Å². The Morgan fingerprint density at radius 2 is 1.38 bits per heavy atom. The average molecular weight is 311 g/mol. The molecule has 1 rings (SSSR count). The van der Waals surface area contributed by atoms with Crippen LogP contribution in [0.25, 0.3) is 0 Å². The molecule has 0 unspecified atom stereocenters. The van der Waals surface area contributed by atoms with Crippen LogP contribution in [0.15, 0.2) is 30.3 Å². The number of rotatable bonds is 9. The Morgan fingerprint density at radius 3 is 1.67 bits per heavy atom. The molecule has 0 fully saturated rings. The van der Waals surface area contributed by atoms with Crippen LogP contribution in [0.2, 0.25) is 6.04 Å². The Balaban J connectivity index is 0.000000423. The first kappa shape index (κ1) is 20.0. The topological polar surface area (TPSA) is 51.5 Å². The minimum atomic E-state index is -2.30. The molecule has 120 valence electrons. The van der Waals surface area contributed by atoms with Gasteiger partial charge in [-0.2, -0.15) is 0 Å². The van der Waals surface area contributed by atoms with Gasteiger partial charge in [-0.25, -0.2) is 0 Å². The maximum absolute atomic E-state index is 6.82. The maximum atomic E-state index is 6.82. The molecule has 4 nitrogen and oxygen atoms in total. The summed E-state index contributed by atoms with van der Waals surface area (Å²) in [5.41, 5.74) is 0.951. The Morgan fingerprint density at radius 1 is 0.905 bits per heavy atom. The van der Waals surface area contributed by atoms with E-state index in [1.165, 1.54) is 6.21 Å². The molecule has 0 aliphatic carbocycles. The van der Waals surface area contributed by atoms with Crippen molar-refractivity contribution >= 4 is 15.0 Å². The molecule has 0 heterocycles. The molecule has 0 radical (unpaired) electrons. The van der Waals surface area contributed by atoms with Crippen molar-refractivity contribution in [3.05, 3.63) is 35.9 Å². The Labute approximate surface area is 130 Å². The molecule has 0 aliphatic rings. The van der Waals surface area contributed by atoms with Crippen LogP contribution in [0.3, 0.4) is 0 Å². The highest BCUT2D eigenvalue weighted by Crippen LogP contribution is 2.17. The van der Waals surface area contributed by atoms with Crippen LogP contribution in [0.4, 0.5) is 0 Å². The summed E-state index contributed by atoms with van der Waals surface area (Å²) in [4.78, 5) is 0. The molecule has 1 N–H and O–H groups in total. The van der Waals surface area contributed by atoms with Crippen LogP contribution in [0.1, 0.15) is 39.7 Å². The number of nitrogens with one attached hydrogen (secondary N) is 1. The van der Waals surface area contributed by atoms with Gasteiger partial charge in [0.05, 0.1) is 0 Å². The summed E-state index contributed by atoms with van der Waals surface area (Å²) < 4.78 is 16.9. The molecule has 0 atom stereocenters. The third-order valence-corrected chi connectivity index (χ3v) is 5.91. The molecular formula is C16H29NO3Si. The zero-order valence-electron chi connectivity index (χ0n) is 13.7. The lowest BCUT2D eigenvalue weighted by Crippen LogP contribution is -2.45. The zero-order valence-corrected chi connectivity index (χ0v) is 14.7. The van der Waals surface area contributed by atoms with E-state index < -0.39 is 8.80 Å². The van der Waals surface area contributed by atoms with Gasteiger partial charge in [-0.15, -0.1) is 0 Å². The summed E-state index contributed by atoms with van der Waals surface area (Å²) in [6, 6.07) is 10.5. The summed E-state index contributed by atoms with van der Waals surface area (Å²) in [7, 11) is -2.30. The second-order valence-electron chi connectivity index (χ2n) is 4.29. The van der Waals surface area contributed by atoms with Gasteiger partial charge in [0, 0.05) is 32.1 Å². The number of hydrogen-bond acceptors (Lipinski definition) is 4. The fourth-order valence-corrected chi connectivity index (χ4v) is 4.47. The first-order valence-corrected chi connectivity index (χ1v) is 9.58. The average Bonchev–Trinajstić information content (AvgIpc) is 2.50. The summed E-state index contributed by atoms with van der Waals surface area (Å²) in [5, 5.41) is 6.82. The fourth-order valence-electron chi connectivity index (χ4n) is 1.86. The minimum absolute atomic E-state index is 0.673. The highest BCUT2D eigenvalue weighted by atomic mass is 28.4. The molecule has 0 saturated carbocycles. The summed E-state index contributed by atoms with van der Waals surface area (Å²) >= 11 is 0. The van der Waals surface area contributed by atoms with Crippen molar-refractivity contribution in [3.8, 4) is 0 Å². The second-order valence-corrected chi connectivity index (χ2v) is 7.02. The number of benzene rings is 1. The first-order chi connectivity index (χ1) is 10.2. The first-order valence-electron chi connectivity index (χ1n) is 7.65. The lowest BCUT2D eigenvalue weighted by Gasteiger charge is -2.27. The van der Waals surface area contributed by atoms with E-state index in [0.717, 1.165) is 18.0 Å². The van der Waals surface area contributed by atoms with E-state index in [9.17, 15) is 0 Å². The van der Waals surface area contributed by atoms with Crippen molar-refractivity contribution in [2.24, 2.45) is 0 Å². The smallest absolute Gasteiger partial charge is 0.374 e. The zero-order chi connectivity index (χ0) is 16.0. The predicted molar refractivity (Wildman–Crippen MR) is 90.1 cm³/mol. The van der Waals surface area contributed by atoms with E-state index in [1.54, 1.807) is 0 Å². The van der Waals surface area contributed by atoms with E-state index in [2.05, 4.69) is 6.92 Å². The van der Waals surface area contributed by atoms with Gasteiger partial charge in [-0.3, -0.25) is 0 Å². The SMILES string of the molecule is CCC[Si](OCC)(OCC)OCC.N=Cc1ccccc1. The standard InChI is InChI=1S/C9H22O3Si.C7H7N/c1-5-9-13(10-6-2,11-7-3)12-8-4;8-6-7-4-2-1-3-5-7/h5-9H2,1-4H3;1-6,8H. The van der Waals surface area contributed by atoms with Crippen molar-refractivity contribution in [1.82, 2.24) is 0 Å². The Bertz CT molecular complexity index is 330. The van der Waals surface area contributed by atoms with Gasteiger partial charge in [0.2, 0.25) is 0 Å². The Hall–Kier alpha value is -1.01. The Kier molecular flexibility index (Phi) is 12.1. The molecular weight excluding hydrogens is 282 g/mol. The lowest BCUT2D eigenvalue weighted by atomic mass is 10.2. The van der Waals surface area contributed by atoms with Crippen LogP contribution in [-0.4, -0.2) is 34.8 Å². The van der Waals surface area contributed by atoms with Crippen LogP contribution < -0.4 is 0 Å².